The predicted molar refractivity (Wildman–Crippen MR) is 97.7 cm³/mol. The van der Waals surface area contributed by atoms with Crippen LogP contribution in [-0.4, -0.2) is 18.0 Å². The summed E-state index contributed by atoms with van der Waals surface area (Å²) in [6.07, 6.45) is 9.02. The maximum atomic E-state index is 13.8. The molecule has 0 saturated heterocycles. The maximum absolute atomic E-state index is 13.8. The van der Waals surface area contributed by atoms with Crippen LogP contribution in [-0.2, 0) is 0 Å². The number of hydrogen-bond donors (Lipinski definition) is 0. The lowest BCUT2D eigenvalue weighted by Crippen LogP contribution is -2.34. The topological polar surface area (TPSA) is 3.24 Å². The van der Waals surface area contributed by atoms with Crippen LogP contribution in [0, 0.1) is 12.7 Å². The van der Waals surface area contributed by atoms with E-state index in [9.17, 15) is 4.39 Å². The molecule has 0 spiro atoms. The molecule has 2 rings (SSSR count). The van der Waals surface area contributed by atoms with Crippen LogP contribution in [0.3, 0.4) is 0 Å². The Bertz CT molecular complexity index is 619. The molecular weight excluding hydrogens is 285 g/mol. The Balaban J connectivity index is 2.35. The Labute approximate surface area is 140 Å². The molecule has 0 aliphatic carbocycles. The second-order valence-electron chi connectivity index (χ2n) is 6.59. The zero-order chi connectivity index (χ0) is 17.0. The van der Waals surface area contributed by atoms with Crippen LogP contribution in [0.25, 0.3) is 5.70 Å². The van der Waals surface area contributed by atoms with E-state index in [1.165, 1.54) is 24.8 Å². The summed E-state index contributed by atoms with van der Waals surface area (Å²) in [7, 11) is 2.11. The zero-order valence-corrected chi connectivity index (χ0v) is 14.8. The number of aryl methyl sites for hydroxylation is 1. The van der Waals surface area contributed by atoms with Crippen molar-refractivity contribution >= 4 is 5.70 Å². The van der Waals surface area contributed by atoms with Gasteiger partial charge in [0.05, 0.1) is 6.04 Å². The zero-order valence-electron chi connectivity index (χ0n) is 14.8. The predicted octanol–water partition coefficient (Wildman–Crippen LogP) is 5.87. The van der Waals surface area contributed by atoms with Gasteiger partial charge in [0.2, 0.25) is 0 Å². The molecule has 0 saturated carbocycles. The van der Waals surface area contributed by atoms with Gasteiger partial charge in [0.15, 0.2) is 0 Å². The summed E-state index contributed by atoms with van der Waals surface area (Å²) in [6, 6.07) is 5.56. The number of halogens is 1. The van der Waals surface area contributed by atoms with Crippen molar-refractivity contribution in [3.63, 3.8) is 0 Å². The molecule has 0 aromatic heterocycles. The minimum atomic E-state index is -0.175. The van der Waals surface area contributed by atoms with Gasteiger partial charge in [-0.15, -0.1) is 0 Å². The van der Waals surface area contributed by atoms with Crippen molar-refractivity contribution in [2.24, 2.45) is 0 Å². The average molecular weight is 313 g/mol. The second kappa shape index (κ2) is 7.63. The van der Waals surface area contributed by atoms with Gasteiger partial charge in [-0.1, -0.05) is 44.4 Å². The monoisotopic (exact) mass is 313 g/mol. The standard InChI is InChI=1S/C21H28FN/c1-6-7-8-9-21-19(15(2)3)10-11-20(23(21)5)17-12-16(4)13-18(22)14-17/h10-14,21H,2,6-9H2,1,3-5H3. The molecule has 1 nitrogen and oxygen atoms in total. The first-order valence-electron chi connectivity index (χ1n) is 8.52. The minimum absolute atomic E-state index is 0.175. The Hall–Kier alpha value is -1.83. The third-order valence-corrected chi connectivity index (χ3v) is 4.54. The van der Waals surface area contributed by atoms with Gasteiger partial charge in [-0.2, -0.15) is 0 Å². The van der Waals surface area contributed by atoms with Gasteiger partial charge in [-0.25, -0.2) is 4.39 Å². The van der Waals surface area contributed by atoms with Gasteiger partial charge in [0.25, 0.3) is 0 Å². The molecule has 1 unspecified atom stereocenters. The van der Waals surface area contributed by atoms with Crippen molar-refractivity contribution in [3.8, 4) is 0 Å². The first-order chi connectivity index (χ1) is 10.9. The first-order valence-corrected chi connectivity index (χ1v) is 8.52. The highest BCUT2D eigenvalue weighted by atomic mass is 19.1. The highest BCUT2D eigenvalue weighted by Crippen LogP contribution is 2.33. The highest BCUT2D eigenvalue weighted by molar-refractivity contribution is 5.69. The van der Waals surface area contributed by atoms with Crippen LogP contribution in [0.2, 0.25) is 0 Å². The lowest BCUT2D eigenvalue weighted by molar-refractivity contribution is 0.357. The summed E-state index contributed by atoms with van der Waals surface area (Å²) < 4.78 is 13.8. The lowest BCUT2D eigenvalue weighted by atomic mass is 9.90. The largest absolute Gasteiger partial charge is 0.367 e. The van der Waals surface area contributed by atoms with E-state index in [0.29, 0.717) is 6.04 Å². The van der Waals surface area contributed by atoms with E-state index in [0.717, 1.165) is 28.8 Å². The SMILES string of the molecule is C=C(C)C1=CC=C(c2cc(C)cc(F)c2)N(C)C1CCCCC. The summed E-state index contributed by atoms with van der Waals surface area (Å²) in [5.74, 6) is -0.175. The van der Waals surface area contributed by atoms with E-state index in [-0.39, 0.29) is 5.82 Å². The van der Waals surface area contributed by atoms with Gasteiger partial charge >= 0.3 is 0 Å². The summed E-state index contributed by atoms with van der Waals surface area (Å²) in [6.45, 7) is 10.4. The molecule has 0 amide bonds. The number of nitrogens with zero attached hydrogens (tertiary/aromatic N) is 1. The summed E-state index contributed by atoms with van der Waals surface area (Å²) in [5.41, 5.74) is 5.39. The third kappa shape index (κ3) is 4.13. The average Bonchev–Trinajstić information content (AvgIpc) is 2.47. The van der Waals surface area contributed by atoms with Crippen molar-refractivity contribution in [2.75, 3.05) is 7.05 Å². The Morgan fingerprint density at radius 3 is 2.57 bits per heavy atom. The second-order valence-corrected chi connectivity index (χ2v) is 6.59. The molecule has 1 heterocycles. The molecular formula is C21H28FN. The molecule has 1 aliphatic heterocycles. The van der Waals surface area contributed by atoms with Gasteiger partial charge in [-0.05, 0) is 55.7 Å². The van der Waals surface area contributed by atoms with E-state index in [2.05, 4.69) is 44.5 Å². The molecule has 124 valence electrons. The molecule has 2 heteroatoms. The number of rotatable bonds is 6. The van der Waals surface area contributed by atoms with Crippen LogP contribution in [0.15, 0.2) is 48.1 Å². The molecule has 1 atom stereocenters. The summed E-state index contributed by atoms with van der Waals surface area (Å²) in [4.78, 5) is 2.29. The van der Waals surface area contributed by atoms with Crippen LogP contribution >= 0.6 is 0 Å². The van der Waals surface area contributed by atoms with E-state index in [1.807, 2.05) is 13.0 Å². The third-order valence-electron chi connectivity index (χ3n) is 4.54. The molecule has 23 heavy (non-hydrogen) atoms. The molecule has 0 bridgehead atoms. The summed E-state index contributed by atoms with van der Waals surface area (Å²) >= 11 is 0. The molecule has 0 fully saturated rings. The molecule has 1 aromatic carbocycles. The van der Waals surface area contributed by atoms with E-state index in [1.54, 1.807) is 12.1 Å². The normalized spacial score (nSPS) is 17.8. The van der Waals surface area contributed by atoms with Crippen LogP contribution in [0.1, 0.15) is 50.7 Å². The van der Waals surface area contributed by atoms with Crippen molar-refractivity contribution in [1.82, 2.24) is 4.90 Å². The first kappa shape index (κ1) is 17.5. The fourth-order valence-corrected chi connectivity index (χ4v) is 3.32. The van der Waals surface area contributed by atoms with Gasteiger partial charge in [0, 0.05) is 18.3 Å². The quantitative estimate of drug-likeness (QED) is 0.593. The highest BCUT2D eigenvalue weighted by Gasteiger charge is 2.25. The number of allylic oxidation sites excluding steroid dienone is 2. The minimum Gasteiger partial charge on any atom is -0.367 e. The van der Waals surface area contributed by atoms with Gasteiger partial charge < -0.3 is 4.90 Å². The summed E-state index contributed by atoms with van der Waals surface area (Å²) in [5, 5.41) is 0. The molecule has 1 aromatic rings. The van der Waals surface area contributed by atoms with Gasteiger partial charge in [-0.3, -0.25) is 0 Å². The van der Waals surface area contributed by atoms with Crippen LogP contribution < -0.4 is 0 Å². The Kier molecular flexibility index (Phi) is 5.81. The van der Waals surface area contributed by atoms with Crippen molar-refractivity contribution in [2.45, 2.75) is 52.5 Å². The fraction of sp³-hybridized carbons (Fsp3) is 0.429. The van der Waals surface area contributed by atoms with Crippen molar-refractivity contribution in [3.05, 3.63) is 65.0 Å². The molecule has 1 aliphatic rings. The number of likely N-dealkylation sites (N-methyl/N-ethyl adjacent to an activating group) is 1. The smallest absolute Gasteiger partial charge is 0.124 e. The molecule has 0 radical (unpaired) electrons. The Morgan fingerprint density at radius 1 is 1.22 bits per heavy atom. The van der Waals surface area contributed by atoms with E-state index >= 15 is 0 Å². The molecule has 0 N–H and O–H groups in total. The lowest BCUT2D eigenvalue weighted by Gasteiger charge is -2.37. The Morgan fingerprint density at radius 2 is 1.96 bits per heavy atom. The van der Waals surface area contributed by atoms with Gasteiger partial charge in [0.1, 0.15) is 5.82 Å². The van der Waals surface area contributed by atoms with Crippen LogP contribution in [0.4, 0.5) is 4.39 Å². The van der Waals surface area contributed by atoms with Crippen LogP contribution in [0.5, 0.6) is 0 Å². The number of benzene rings is 1. The fourth-order valence-electron chi connectivity index (χ4n) is 3.32. The van der Waals surface area contributed by atoms with Crippen molar-refractivity contribution < 1.29 is 4.39 Å². The number of hydrogen-bond acceptors (Lipinski definition) is 1. The number of unbranched alkanes of at least 4 members (excludes halogenated alkanes) is 2. The van der Waals surface area contributed by atoms with Crippen molar-refractivity contribution in [1.29, 1.82) is 0 Å². The van der Waals surface area contributed by atoms with E-state index in [4.69, 9.17) is 0 Å². The van der Waals surface area contributed by atoms with E-state index < -0.39 is 0 Å². The maximum Gasteiger partial charge on any atom is 0.124 e.